The number of nitrogens with zero attached hydrogens (tertiary/aromatic N) is 3. The molecule has 1 heterocycles. The lowest BCUT2D eigenvalue weighted by Gasteiger charge is -2.17. The summed E-state index contributed by atoms with van der Waals surface area (Å²) in [4.78, 5) is 48.9. The first-order chi connectivity index (χ1) is 38.0. The molecule has 0 fully saturated rings. The van der Waals surface area contributed by atoms with Crippen LogP contribution in [0.5, 0.6) is 23.0 Å². The van der Waals surface area contributed by atoms with Gasteiger partial charge in [0.2, 0.25) is 5.91 Å². The van der Waals surface area contributed by atoms with E-state index in [1.54, 1.807) is 31.4 Å². The zero-order valence-electron chi connectivity index (χ0n) is 48.1. The van der Waals surface area contributed by atoms with Crippen LogP contribution < -0.4 is 24.3 Å². The highest BCUT2D eigenvalue weighted by Crippen LogP contribution is 2.37. The number of nitrogens with one attached hydrogen (secondary N) is 1. The molecule has 0 saturated carbocycles. The molecule has 0 radical (unpaired) electrons. The van der Waals surface area contributed by atoms with Crippen LogP contribution >= 0.6 is 0 Å². The maximum absolute atomic E-state index is 12.9. The van der Waals surface area contributed by atoms with E-state index in [1.807, 2.05) is 26.4 Å². The van der Waals surface area contributed by atoms with E-state index in [0.29, 0.717) is 171 Å². The molecule has 438 valence electrons. The van der Waals surface area contributed by atoms with Crippen LogP contribution in [0.15, 0.2) is 57.7 Å². The Morgan fingerprint density at radius 1 is 0.667 bits per heavy atom. The Morgan fingerprint density at radius 2 is 1.17 bits per heavy atom. The second-order valence-corrected chi connectivity index (χ2v) is 18.8. The molecule has 1 aliphatic rings. The van der Waals surface area contributed by atoms with Crippen molar-refractivity contribution in [3.8, 4) is 23.0 Å². The minimum absolute atomic E-state index is 0.119. The van der Waals surface area contributed by atoms with Gasteiger partial charge in [-0.15, -0.1) is 0 Å². The molecule has 2 aromatic rings. The van der Waals surface area contributed by atoms with Crippen molar-refractivity contribution in [3.63, 3.8) is 0 Å². The highest BCUT2D eigenvalue weighted by Gasteiger charge is 2.19. The van der Waals surface area contributed by atoms with Crippen LogP contribution in [0.3, 0.4) is 0 Å². The molecule has 3 rings (SSSR count). The van der Waals surface area contributed by atoms with Crippen LogP contribution in [0.25, 0.3) is 0 Å². The molecule has 0 aromatic heterocycles. The molecule has 0 saturated heterocycles. The topological polar surface area (TPSA) is 202 Å². The van der Waals surface area contributed by atoms with Crippen LogP contribution in [-0.4, -0.2) is 188 Å². The second-order valence-electron chi connectivity index (χ2n) is 18.8. The Bertz CT molecular complexity index is 2120. The summed E-state index contributed by atoms with van der Waals surface area (Å²) in [6, 6.07) is 6.98. The first-order valence-corrected chi connectivity index (χ1v) is 27.7. The monoisotopic (exact) mass is 1100 g/mol. The number of rotatable bonds is 48. The Kier molecular flexibility index (Phi) is 36.7. The third-order valence-corrected chi connectivity index (χ3v) is 12.0. The molecule has 19 heteroatoms. The number of hydrogen-bond donors (Lipinski definition) is 1. The normalized spacial score (nSPS) is 14.1. The fourth-order valence-corrected chi connectivity index (χ4v) is 7.65. The van der Waals surface area contributed by atoms with Gasteiger partial charge in [-0.3, -0.25) is 24.4 Å². The van der Waals surface area contributed by atoms with Crippen molar-refractivity contribution < 1.29 is 71.2 Å². The largest absolute Gasteiger partial charge is 0.493 e. The van der Waals surface area contributed by atoms with E-state index in [9.17, 15) is 14.4 Å². The number of aliphatic imine (C=N–C) groups is 2. The first kappa shape index (κ1) is 67.0. The van der Waals surface area contributed by atoms with Crippen LogP contribution in [0, 0.1) is 5.92 Å². The number of Topliss-reactive ketones (excluding diaryl/α,β-unsaturated/α-hetero) is 1. The van der Waals surface area contributed by atoms with Gasteiger partial charge >= 0.3 is 0 Å². The van der Waals surface area contributed by atoms with Gasteiger partial charge < -0.3 is 67.1 Å². The minimum Gasteiger partial charge on any atom is -0.493 e. The zero-order valence-corrected chi connectivity index (χ0v) is 48.1. The molecule has 78 heavy (non-hydrogen) atoms. The Morgan fingerprint density at radius 3 is 1.65 bits per heavy atom. The SMILES string of the molecule is C/C=C(/C)CC(C)C=Nc1cc(OCCCCCOc2cc(N=CC3CC(C)=CN3C)c(C=O)cc2OC)c(OCCCNC(=O)CCOCCOCCOCCOCCOCCOCCOCCOCCC)cc1C(C)=O. The van der Waals surface area contributed by atoms with E-state index in [0.717, 1.165) is 45.0 Å². The van der Waals surface area contributed by atoms with Gasteiger partial charge in [0.1, 0.15) is 0 Å². The number of hydrogen-bond acceptors (Lipinski definition) is 18. The molecule has 2 atom stereocenters. The maximum atomic E-state index is 12.9. The zero-order chi connectivity index (χ0) is 56.4. The van der Waals surface area contributed by atoms with E-state index in [4.69, 9.17) is 61.8 Å². The predicted molar refractivity (Wildman–Crippen MR) is 304 cm³/mol. The highest BCUT2D eigenvalue weighted by atomic mass is 16.6. The van der Waals surface area contributed by atoms with Crippen molar-refractivity contribution in [2.24, 2.45) is 15.9 Å². The summed E-state index contributed by atoms with van der Waals surface area (Å²) in [5.41, 5.74) is 4.41. The number of carbonyl (C=O) groups is 3. The van der Waals surface area contributed by atoms with E-state index in [2.05, 4.69) is 55.2 Å². The number of aldehydes is 1. The molecular formula is C59H92N4O15. The minimum atomic E-state index is -0.146. The number of unbranched alkanes of at least 4 members (excludes halogenated alkanes) is 2. The molecule has 1 aliphatic heterocycles. The van der Waals surface area contributed by atoms with Gasteiger partial charge in [0, 0.05) is 62.3 Å². The maximum Gasteiger partial charge on any atom is 0.222 e. The molecule has 1 amide bonds. The first-order valence-electron chi connectivity index (χ1n) is 27.7. The van der Waals surface area contributed by atoms with Crippen molar-refractivity contribution in [1.29, 1.82) is 0 Å². The molecule has 1 N–H and O–H groups in total. The number of allylic oxidation sites excluding steroid dienone is 2. The number of methoxy groups -OCH3 is 1. The van der Waals surface area contributed by atoms with Gasteiger partial charge in [-0.1, -0.05) is 31.1 Å². The summed E-state index contributed by atoms with van der Waals surface area (Å²) in [5.74, 6) is 1.76. The molecule has 0 aliphatic carbocycles. The van der Waals surface area contributed by atoms with Crippen molar-refractivity contribution in [3.05, 3.63) is 58.8 Å². The molecular weight excluding hydrogens is 1000 g/mol. The van der Waals surface area contributed by atoms with Crippen molar-refractivity contribution >= 4 is 41.8 Å². The van der Waals surface area contributed by atoms with Crippen LogP contribution in [0.4, 0.5) is 11.4 Å². The summed E-state index contributed by atoms with van der Waals surface area (Å²) in [5, 5.41) is 2.91. The molecule has 2 aromatic carbocycles. The van der Waals surface area contributed by atoms with E-state index in [-0.39, 0.29) is 43.3 Å². The van der Waals surface area contributed by atoms with Gasteiger partial charge in [-0.25, -0.2) is 0 Å². The molecule has 2 unspecified atom stereocenters. The summed E-state index contributed by atoms with van der Waals surface area (Å²) in [6.45, 7) is 21.1. The molecule has 0 bridgehead atoms. The fraction of sp³-hybridized carbons (Fsp3) is 0.644. The lowest BCUT2D eigenvalue weighted by Crippen LogP contribution is -2.26. The number of ketones is 1. The van der Waals surface area contributed by atoms with Gasteiger partial charge in [0.05, 0.1) is 143 Å². The van der Waals surface area contributed by atoms with Crippen LogP contribution in [0.2, 0.25) is 0 Å². The summed E-state index contributed by atoms with van der Waals surface area (Å²) < 4.78 is 68.2. The Labute approximate surface area is 464 Å². The van der Waals surface area contributed by atoms with Crippen molar-refractivity contribution in [1.82, 2.24) is 10.2 Å². The van der Waals surface area contributed by atoms with Gasteiger partial charge in [0.15, 0.2) is 35.1 Å². The smallest absolute Gasteiger partial charge is 0.222 e. The number of amides is 1. The van der Waals surface area contributed by atoms with E-state index in [1.165, 1.54) is 18.1 Å². The lowest BCUT2D eigenvalue weighted by molar-refractivity contribution is -0.122. The molecule has 19 nitrogen and oxygen atoms in total. The summed E-state index contributed by atoms with van der Waals surface area (Å²) in [6.07, 6.45) is 14.4. The lowest BCUT2D eigenvalue weighted by atomic mass is 10.0. The van der Waals surface area contributed by atoms with Crippen molar-refractivity contribution in [2.45, 2.75) is 99.0 Å². The van der Waals surface area contributed by atoms with E-state index >= 15 is 0 Å². The highest BCUT2D eigenvalue weighted by molar-refractivity contribution is 6.00. The van der Waals surface area contributed by atoms with Crippen molar-refractivity contribution in [2.75, 3.05) is 146 Å². The van der Waals surface area contributed by atoms with Crippen LogP contribution in [0.1, 0.15) is 114 Å². The Balaban J connectivity index is 1.33. The predicted octanol–water partition coefficient (Wildman–Crippen LogP) is 9.16. The quantitative estimate of drug-likeness (QED) is 0.0216. The number of benzene rings is 2. The third kappa shape index (κ3) is 29.6. The fourth-order valence-electron chi connectivity index (χ4n) is 7.65. The second kappa shape index (κ2) is 42.7. The van der Waals surface area contributed by atoms with Gasteiger partial charge in [-0.2, -0.15) is 0 Å². The standard InChI is InChI=1S/C59H92N4O15/c1-9-17-68-22-24-70-26-28-72-30-32-74-34-35-75-33-31-73-29-27-71-25-23-69-21-15-59(66)60-16-14-20-78-56-39-52(49(6)65)54(61-42-47(4)36-46(3)10-2)41-58(56)77-19-13-11-12-18-76-57-40-53(50(45-64)38-55(57)67-8)62-43-51-37-48(5)44-63(51)7/h10,38-45,47,51H,9,11-37H2,1-8H3,(H,60,66)/b46-10-,61-42?,62-43?. The average molecular weight is 1100 g/mol. The number of ether oxygens (including phenoxy) is 12. The summed E-state index contributed by atoms with van der Waals surface area (Å²) in [7, 11) is 3.55. The van der Waals surface area contributed by atoms with Gasteiger partial charge in [-0.05, 0) is 96.9 Å². The molecule has 0 spiro atoms. The number of carbonyl (C=O) groups excluding carboxylic acids is 3. The third-order valence-electron chi connectivity index (χ3n) is 12.0. The Hall–Kier alpha value is -5.25. The summed E-state index contributed by atoms with van der Waals surface area (Å²) >= 11 is 0. The average Bonchev–Trinajstić information content (AvgIpc) is 3.78. The van der Waals surface area contributed by atoms with E-state index < -0.39 is 0 Å². The van der Waals surface area contributed by atoms with Gasteiger partial charge in [0.25, 0.3) is 0 Å². The van der Waals surface area contributed by atoms with Crippen LogP contribution in [-0.2, 0) is 42.7 Å².